The maximum absolute atomic E-state index is 12.8. The number of amides is 1. The maximum atomic E-state index is 12.8. The summed E-state index contributed by atoms with van der Waals surface area (Å²) in [6.45, 7) is 6.68. The highest BCUT2D eigenvalue weighted by atomic mass is 19.1. The molecule has 4 nitrogen and oxygen atoms in total. The quantitative estimate of drug-likeness (QED) is 0.721. The molecule has 0 saturated heterocycles. The second-order valence-corrected chi connectivity index (χ2v) is 5.49. The van der Waals surface area contributed by atoms with Crippen molar-refractivity contribution in [2.45, 2.75) is 20.8 Å². The zero-order valence-electron chi connectivity index (χ0n) is 13.2. The Morgan fingerprint density at radius 1 is 1.29 bits per heavy atom. The van der Waals surface area contributed by atoms with Crippen LogP contribution in [0.5, 0.6) is 0 Å². The van der Waals surface area contributed by atoms with Crippen molar-refractivity contribution in [3.8, 4) is 0 Å². The van der Waals surface area contributed by atoms with E-state index in [4.69, 9.17) is 0 Å². The molecule has 1 atom stereocenters. The van der Waals surface area contributed by atoms with E-state index in [1.54, 1.807) is 0 Å². The Kier molecular flexibility index (Phi) is 6.78. The smallest absolute Gasteiger partial charge is 0.279 e. The van der Waals surface area contributed by atoms with E-state index in [1.165, 1.54) is 0 Å². The monoisotopic (exact) mass is 297 g/mol. The van der Waals surface area contributed by atoms with Gasteiger partial charge >= 0.3 is 0 Å². The molecule has 118 valence electrons. The number of para-hydroxylation sites is 1. The molecule has 0 aliphatic rings. The minimum atomic E-state index is -0.496. The van der Waals surface area contributed by atoms with E-state index in [1.807, 2.05) is 39.0 Å². The number of carbonyl (C=O) groups excluding carboxylic acids is 1. The summed E-state index contributed by atoms with van der Waals surface area (Å²) >= 11 is 0. The SMILES string of the molecule is CC[N+](CCO)(CCF)CC(=O)Nc1c(C)cccc1C. The van der Waals surface area contributed by atoms with Crippen LogP contribution in [0.1, 0.15) is 18.1 Å². The molecule has 0 aromatic heterocycles. The first-order valence-corrected chi connectivity index (χ1v) is 7.36. The highest BCUT2D eigenvalue weighted by molar-refractivity contribution is 5.93. The van der Waals surface area contributed by atoms with Gasteiger partial charge in [-0.1, -0.05) is 18.2 Å². The van der Waals surface area contributed by atoms with Crippen LogP contribution in [0.4, 0.5) is 10.1 Å². The number of anilines is 1. The van der Waals surface area contributed by atoms with Crippen LogP contribution in [-0.4, -0.2) is 55.0 Å². The lowest BCUT2D eigenvalue weighted by Gasteiger charge is -2.35. The van der Waals surface area contributed by atoms with E-state index in [-0.39, 0.29) is 30.1 Å². The lowest BCUT2D eigenvalue weighted by molar-refractivity contribution is -0.919. The number of nitrogens with zero attached hydrogens (tertiary/aromatic N) is 1. The van der Waals surface area contributed by atoms with E-state index in [0.717, 1.165) is 16.8 Å². The van der Waals surface area contributed by atoms with Crippen molar-refractivity contribution in [2.24, 2.45) is 0 Å². The fourth-order valence-electron chi connectivity index (χ4n) is 2.58. The lowest BCUT2D eigenvalue weighted by atomic mass is 10.1. The minimum Gasteiger partial charge on any atom is -0.391 e. The van der Waals surface area contributed by atoms with Crippen molar-refractivity contribution in [1.82, 2.24) is 0 Å². The van der Waals surface area contributed by atoms with Gasteiger partial charge in [0.15, 0.2) is 6.54 Å². The van der Waals surface area contributed by atoms with Crippen LogP contribution in [0.2, 0.25) is 0 Å². The Morgan fingerprint density at radius 2 is 1.90 bits per heavy atom. The standard InChI is InChI=1S/C16H25FN2O2/c1-4-19(9-8-17,10-11-20)12-15(21)18-16-13(2)6-5-7-14(16)3/h5-7,20H,4,8-12H2,1-3H3/p+1. The Morgan fingerprint density at radius 3 is 2.38 bits per heavy atom. The number of likely N-dealkylation sites (N-methyl/N-ethyl adjacent to an activating group) is 1. The lowest BCUT2D eigenvalue weighted by Crippen LogP contribution is -2.55. The van der Waals surface area contributed by atoms with Crippen molar-refractivity contribution in [3.05, 3.63) is 29.3 Å². The van der Waals surface area contributed by atoms with Gasteiger partial charge in [0.05, 0.1) is 13.2 Å². The Balaban J connectivity index is 2.83. The second-order valence-electron chi connectivity index (χ2n) is 5.49. The van der Waals surface area contributed by atoms with Gasteiger partial charge in [0.1, 0.15) is 19.8 Å². The van der Waals surface area contributed by atoms with E-state index < -0.39 is 6.67 Å². The molecular formula is C16H26FN2O2+. The number of benzene rings is 1. The Hall–Kier alpha value is -1.46. The van der Waals surface area contributed by atoms with Crippen LogP contribution >= 0.6 is 0 Å². The van der Waals surface area contributed by atoms with Crippen LogP contribution in [0.25, 0.3) is 0 Å². The largest absolute Gasteiger partial charge is 0.391 e. The third kappa shape index (κ3) is 4.79. The third-order valence-corrected chi connectivity index (χ3v) is 4.03. The normalized spacial score (nSPS) is 13.8. The molecule has 1 unspecified atom stereocenters. The number of nitrogens with one attached hydrogen (secondary N) is 1. The summed E-state index contributed by atoms with van der Waals surface area (Å²) in [6, 6.07) is 5.83. The van der Waals surface area contributed by atoms with Crippen LogP contribution in [0, 0.1) is 13.8 Å². The first kappa shape index (κ1) is 17.6. The zero-order valence-corrected chi connectivity index (χ0v) is 13.2. The molecule has 0 saturated carbocycles. The van der Waals surface area contributed by atoms with Gasteiger partial charge in [-0.05, 0) is 31.9 Å². The molecule has 1 amide bonds. The van der Waals surface area contributed by atoms with Crippen molar-refractivity contribution in [2.75, 3.05) is 44.8 Å². The first-order valence-electron chi connectivity index (χ1n) is 7.36. The molecule has 0 spiro atoms. The van der Waals surface area contributed by atoms with Gasteiger partial charge in [0, 0.05) is 5.69 Å². The number of hydrogen-bond donors (Lipinski definition) is 2. The fourth-order valence-corrected chi connectivity index (χ4v) is 2.58. The molecule has 0 bridgehead atoms. The molecule has 1 rings (SSSR count). The Labute approximate surface area is 126 Å². The number of alkyl halides is 1. The molecule has 21 heavy (non-hydrogen) atoms. The number of carbonyl (C=O) groups is 1. The van der Waals surface area contributed by atoms with Gasteiger partial charge in [0.2, 0.25) is 0 Å². The number of rotatable bonds is 8. The first-order chi connectivity index (χ1) is 9.98. The molecule has 0 aliphatic carbocycles. The topological polar surface area (TPSA) is 49.3 Å². The minimum absolute atomic E-state index is 0.0511. The summed E-state index contributed by atoms with van der Waals surface area (Å²) in [7, 11) is 0. The average molecular weight is 297 g/mol. The molecule has 0 aliphatic heterocycles. The van der Waals surface area contributed by atoms with Gasteiger partial charge < -0.3 is 14.9 Å². The number of quaternary nitrogens is 1. The summed E-state index contributed by atoms with van der Waals surface area (Å²) in [4.78, 5) is 12.3. The van der Waals surface area contributed by atoms with Crippen molar-refractivity contribution >= 4 is 11.6 Å². The highest BCUT2D eigenvalue weighted by Gasteiger charge is 2.28. The second kappa shape index (κ2) is 8.10. The summed E-state index contributed by atoms with van der Waals surface area (Å²) in [5.74, 6) is -0.142. The van der Waals surface area contributed by atoms with E-state index >= 15 is 0 Å². The van der Waals surface area contributed by atoms with Gasteiger partial charge in [-0.25, -0.2) is 4.39 Å². The summed E-state index contributed by atoms with van der Waals surface area (Å²) < 4.78 is 13.0. The predicted molar refractivity (Wildman–Crippen MR) is 83.0 cm³/mol. The van der Waals surface area contributed by atoms with Crippen LogP contribution in [0.3, 0.4) is 0 Å². The van der Waals surface area contributed by atoms with E-state index in [9.17, 15) is 14.3 Å². The number of aliphatic hydroxyl groups is 1. The van der Waals surface area contributed by atoms with E-state index in [0.29, 0.717) is 13.1 Å². The zero-order chi connectivity index (χ0) is 15.9. The van der Waals surface area contributed by atoms with Gasteiger partial charge in [-0.15, -0.1) is 0 Å². The van der Waals surface area contributed by atoms with Crippen LogP contribution < -0.4 is 5.32 Å². The Bertz CT molecular complexity index is 451. The average Bonchev–Trinajstić information content (AvgIpc) is 2.43. The molecule has 1 aromatic carbocycles. The van der Waals surface area contributed by atoms with Gasteiger partial charge in [-0.3, -0.25) is 4.79 Å². The van der Waals surface area contributed by atoms with Gasteiger partial charge in [0.25, 0.3) is 5.91 Å². The van der Waals surface area contributed by atoms with Crippen molar-refractivity contribution < 1.29 is 18.8 Å². The molecular weight excluding hydrogens is 271 g/mol. The van der Waals surface area contributed by atoms with Gasteiger partial charge in [-0.2, -0.15) is 0 Å². The molecule has 2 N–H and O–H groups in total. The summed E-state index contributed by atoms with van der Waals surface area (Å²) in [5, 5.41) is 12.1. The summed E-state index contributed by atoms with van der Waals surface area (Å²) in [6.07, 6.45) is 0. The van der Waals surface area contributed by atoms with Crippen LogP contribution in [-0.2, 0) is 4.79 Å². The summed E-state index contributed by atoms with van der Waals surface area (Å²) in [5.41, 5.74) is 2.83. The van der Waals surface area contributed by atoms with Crippen LogP contribution in [0.15, 0.2) is 18.2 Å². The molecule has 0 heterocycles. The van der Waals surface area contributed by atoms with E-state index in [2.05, 4.69) is 5.32 Å². The molecule has 1 aromatic rings. The number of aryl methyl sites for hydroxylation is 2. The molecule has 0 radical (unpaired) electrons. The number of aliphatic hydroxyl groups excluding tert-OH is 1. The molecule has 0 fully saturated rings. The predicted octanol–water partition coefficient (Wildman–Crippen LogP) is 2.04. The number of hydrogen-bond acceptors (Lipinski definition) is 2. The molecule has 5 heteroatoms. The third-order valence-electron chi connectivity index (χ3n) is 4.03. The number of halogens is 1. The van der Waals surface area contributed by atoms with Crippen molar-refractivity contribution in [1.29, 1.82) is 0 Å². The van der Waals surface area contributed by atoms with Crippen molar-refractivity contribution in [3.63, 3.8) is 0 Å². The fraction of sp³-hybridized carbons (Fsp3) is 0.562. The maximum Gasteiger partial charge on any atom is 0.279 e. The highest BCUT2D eigenvalue weighted by Crippen LogP contribution is 2.19.